The summed E-state index contributed by atoms with van der Waals surface area (Å²) in [5.74, 6) is 0.138. The van der Waals surface area contributed by atoms with Crippen molar-refractivity contribution >= 4 is 17.4 Å². The number of nitrogens with one attached hydrogen (secondary N) is 1. The fourth-order valence-electron chi connectivity index (χ4n) is 2.44. The summed E-state index contributed by atoms with van der Waals surface area (Å²) in [6.07, 6.45) is -3.66. The van der Waals surface area contributed by atoms with Crippen LogP contribution in [0, 0.1) is 5.41 Å². The molecule has 0 unspecified atom stereocenters. The van der Waals surface area contributed by atoms with E-state index in [1.165, 1.54) is 0 Å². The molecule has 1 heterocycles. The highest BCUT2D eigenvalue weighted by molar-refractivity contribution is 6.29. The van der Waals surface area contributed by atoms with Crippen molar-refractivity contribution in [2.75, 3.05) is 5.32 Å². The molecule has 0 aromatic carbocycles. The summed E-state index contributed by atoms with van der Waals surface area (Å²) >= 11 is 5.67. The van der Waals surface area contributed by atoms with Gasteiger partial charge in [0.25, 0.3) is 0 Å². The normalized spacial score (nSPS) is 13.4. The molecule has 2 nitrogen and oxygen atoms in total. The molecule has 1 rings (SSSR count). The molecular weight excluding hydrogens is 289 g/mol. The molecule has 1 N–H and O–H groups in total. The lowest BCUT2D eigenvalue weighted by atomic mass is 9.82. The minimum atomic E-state index is -4.43. The number of aromatic nitrogens is 1. The van der Waals surface area contributed by atoms with E-state index in [-0.39, 0.29) is 16.4 Å². The van der Waals surface area contributed by atoms with Crippen LogP contribution in [0.25, 0.3) is 0 Å². The molecular formula is C14H20ClF3N2. The summed E-state index contributed by atoms with van der Waals surface area (Å²) in [5.41, 5.74) is -1.15. The lowest BCUT2D eigenvalue weighted by Gasteiger charge is -2.34. The average Bonchev–Trinajstić information content (AvgIpc) is 2.09. The van der Waals surface area contributed by atoms with Crippen molar-refractivity contribution in [3.05, 3.63) is 22.8 Å². The molecule has 114 valence electrons. The monoisotopic (exact) mass is 308 g/mol. The molecule has 0 saturated carbocycles. The first-order chi connectivity index (χ1) is 8.78. The first-order valence-electron chi connectivity index (χ1n) is 6.31. The molecule has 1 aromatic heterocycles. The molecule has 6 heteroatoms. The molecule has 0 aliphatic carbocycles. The Morgan fingerprint density at radius 1 is 1.10 bits per heavy atom. The predicted octanol–water partition coefficient (Wildman–Crippen LogP) is 5.38. The third kappa shape index (κ3) is 5.57. The van der Waals surface area contributed by atoms with Crippen LogP contribution in [0.15, 0.2) is 12.1 Å². The second kappa shape index (κ2) is 5.43. The van der Waals surface area contributed by atoms with Crippen molar-refractivity contribution in [1.82, 2.24) is 4.98 Å². The Morgan fingerprint density at radius 3 is 2.10 bits per heavy atom. The highest BCUT2D eigenvalue weighted by Crippen LogP contribution is 2.34. The van der Waals surface area contributed by atoms with Gasteiger partial charge in [-0.25, -0.2) is 4.98 Å². The Hall–Kier alpha value is -0.970. The van der Waals surface area contributed by atoms with Gasteiger partial charge in [-0.05, 0) is 37.8 Å². The van der Waals surface area contributed by atoms with Crippen molar-refractivity contribution in [3.63, 3.8) is 0 Å². The maximum absolute atomic E-state index is 12.7. The van der Waals surface area contributed by atoms with Crippen LogP contribution in [0.4, 0.5) is 19.0 Å². The van der Waals surface area contributed by atoms with E-state index < -0.39 is 17.3 Å². The molecule has 1 aromatic rings. The summed E-state index contributed by atoms with van der Waals surface area (Å²) < 4.78 is 38.2. The highest BCUT2D eigenvalue weighted by Gasteiger charge is 2.32. The van der Waals surface area contributed by atoms with Crippen LogP contribution in [0.3, 0.4) is 0 Å². The van der Waals surface area contributed by atoms with Crippen LogP contribution in [-0.4, -0.2) is 10.5 Å². The summed E-state index contributed by atoms with van der Waals surface area (Å²) in [6.45, 7) is 10.1. The summed E-state index contributed by atoms with van der Waals surface area (Å²) in [5, 5.41) is 2.86. The lowest BCUT2D eigenvalue weighted by Crippen LogP contribution is -2.35. The van der Waals surface area contributed by atoms with Crippen LogP contribution in [0.2, 0.25) is 5.15 Å². The largest absolute Gasteiger partial charge is 0.416 e. The van der Waals surface area contributed by atoms with Crippen LogP contribution in [0.5, 0.6) is 0 Å². The van der Waals surface area contributed by atoms with Crippen molar-refractivity contribution in [1.29, 1.82) is 0 Å². The third-order valence-corrected chi connectivity index (χ3v) is 2.75. The van der Waals surface area contributed by atoms with Crippen molar-refractivity contribution < 1.29 is 13.2 Å². The van der Waals surface area contributed by atoms with Gasteiger partial charge in [0.1, 0.15) is 11.0 Å². The van der Waals surface area contributed by atoms with Gasteiger partial charge in [-0.3, -0.25) is 0 Å². The van der Waals surface area contributed by atoms with Gasteiger partial charge in [0, 0.05) is 5.54 Å². The standard InChI is InChI=1S/C14H20ClF3N2/c1-12(2,3)8-13(4,5)20-11-7-9(14(16,17)18)6-10(15)19-11/h6-7H,8H2,1-5H3,(H,19,20). The highest BCUT2D eigenvalue weighted by atomic mass is 35.5. The molecule has 0 bridgehead atoms. The average molecular weight is 309 g/mol. The summed E-state index contributed by atoms with van der Waals surface area (Å²) in [6, 6.07) is 1.81. The number of anilines is 1. The van der Waals surface area contributed by atoms with Crippen LogP contribution in [0.1, 0.15) is 46.6 Å². The number of hydrogen-bond donors (Lipinski definition) is 1. The first kappa shape index (κ1) is 17.1. The zero-order valence-electron chi connectivity index (χ0n) is 12.3. The molecule has 0 radical (unpaired) electrons. The van der Waals surface area contributed by atoms with Gasteiger partial charge in [-0.2, -0.15) is 13.2 Å². The van der Waals surface area contributed by atoms with Crippen LogP contribution >= 0.6 is 11.6 Å². The smallest absolute Gasteiger partial charge is 0.365 e. The zero-order chi connectivity index (χ0) is 15.8. The molecule has 0 spiro atoms. The van der Waals surface area contributed by atoms with E-state index in [2.05, 4.69) is 31.1 Å². The zero-order valence-corrected chi connectivity index (χ0v) is 13.1. The van der Waals surface area contributed by atoms with Gasteiger partial charge in [-0.1, -0.05) is 32.4 Å². The SMILES string of the molecule is CC(C)(C)CC(C)(C)Nc1cc(C(F)(F)F)cc(Cl)n1. The van der Waals surface area contributed by atoms with Gasteiger partial charge in [0.05, 0.1) is 5.56 Å². The Balaban J connectivity index is 3.01. The van der Waals surface area contributed by atoms with E-state index in [1.54, 1.807) is 0 Å². The third-order valence-electron chi connectivity index (χ3n) is 2.56. The van der Waals surface area contributed by atoms with Gasteiger partial charge < -0.3 is 5.32 Å². The minimum absolute atomic E-state index is 0.0436. The Labute approximate surface area is 122 Å². The van der Waals surface area contributed by atoms with E-state index in [0.29, 0.717) is 0 Å². The van der Waals surface area contributed by atoms with Gasteiger partial charge in [-0.15, -0.1) is 0 Å². The van der Waals surface area contributed by atoms with Crippen LogP contribution in [-0.2, 0) is 6.18 Å². The van der Waals surface area contributed by atoms with Gasteiger partial charge in [0.15, 0.2) is 0 Å². The van der Waals surface area contributed by atoms with E-state index in [4.69, 9.17) is 11.6 Å². The number of pyridine rings is 1. The predicted molar refractivity (Wildman–Crippen MR) is 76.0 cm³/mol. The topological polar surface area (TPSA) is 24.9 Å². The maximum atomic E-state index is 12.7. The molecule has 0 fully saturated rings. The Kier molecular flexibility index (Phi) is 4.64. The second-order valence-electron chi connectivity index (χ2n) is 6.81. The molecule has 0 aliphatic heterocycles. The number of halogens is 4. The van der Waals surface area contributed by atoms with Crippen LogP contribution < -0.4 is 5.32 Å². The molecule has 0 amide bonds. The number of rotatable bonds is 3. The first-order valence-corrected chi connectivity index (χ1v) is 6.69. The summed E-state index contributed by atoms with van der Waals surface area (Å²) in [7, 11) is 0. The number of hydrogen-bond acceptors (Lipinski definition) is 2. The Bertz CT molecular complexity index is 476. The number of alkyl halides is 3. The van der Waals surface area contributed by atoms with E-state index in [0.717, 1.165) is 18.6 Å². The minimum Gasteiger partial charge on any atom is -0.365 e. The van der Waals surface area contributed by atoms with Gasteiger partial charge >= 0.3 is 6.18 Å². The molecule has 0 aliphatic rings. The quantitative estimate of drug-likeness (QED) is 0.758. The maximum Gasteiger partial charge on any atom is 0.416 e. The fraction of sp³-hybridized carbons (Fsp3) is 0.643. The van der Waals surface area contributed by atoms with E-state index in [1.807, 2.05) is 13.8 Å². The van der Waals surface area contributed by atoms with Crippen molar-refractivity contribution in [2.45, 2.75) is 52.8 Å². The fourth-order valence-corrected chi connectivity index (χ4v) is 2.65. The van der Waals surface area contributed by atoms with Crippen molar-refractivity contribution in [3.8, 4) is 0 Å². The Morgan fingerprint density at radius 2 is 1.65 bits per heavy atom. The number of nitrogens with zero attached hydrogens (tertiary/aromatic N) is 1. The molecule has 0 saturated heterocycles. The second-order valence-corrected chi connectivity index (χ2v) is 7.20. The van der Waals surface area contributed by atoms with E-state index >= 15 is 0 Å². The van der Waals surface area contributed by atoms with Gasteiger partial charge in [0.2, 0.25) is 0 Å². The lowest BCUT2D eigenvalue weighted by molar-refractivity contribution is -0.137. The summed E-state index contributed by atoms with van der Waals surface area (Å²) in [4.78, 5) is 3.92. The van der Waals surface area contributed by atoms with Crippen molar-refractivity contribution in [2.24, 2.45) is 5.41 Å². The molecule has 20 heavy (non-hydrogen) atoms. The molecule has 0 atom stereocenters. The van der Waals surface area contributed by atoms with E-state index in [9.17, 15) is 13.2 Å².